The van der Waals surface area contributed by atoms with E-state index in [2.05, 4.69) is 20.7 Å². The van der Waals surface area contributed by atoms with Gasteiger partial charge < -0.3 is 0 Å². The number of hydrogen-bond acceptors (Lipinski definition) is 3. The highest BCUT2D eigenvalue weighted by molar-refractivity contribution is 9.10. The van der Waals surface area contributed by atoms with Gasteiger partial charge in [-0.1, -0.05) is 12.1 Å². The lowest BCUT2D eigenvalue weighted by molar-refractivity contribution is 0.562. The van der Waals surface area contributed by atoms with Crippen LogP contribution in [0.2, 0.25) is 0 Å². The standard InChI is InChI=1S/C10H11BrN2O2S/c1-8(6-7-12)13-16(14,15)10-5-3-2-4-9(10)11/h2-5,8,13H,6H2,1H3/t8-/m1/s1. The molecule has 0 saturated carbocycles. The van der Waals surface area contributed by atoms with Crippen molar-refractivity contribution in [2.24, 2.45) is 0 Å². The molecule has 0 aliphatic carbocycles. The Bertz CT molecular complexity index is 508. The smallest absolute Gasteiger partial charge is 0.207 e. The second-order valence-electron chi connectivity index (χ2n) is 3.31. The monoisotopic (exact) mass is 302 g/mol. The van der Waals surface area contributed by atoms with Gasteiger partial charge in [-0.2, -0.15) is 5.26 Å². The average molecular weight is 303 g/mol. The normalized spacial score (nSPS) is 13.1. The fraction of sp³-hybridized carbons (Fsp3) is 0.300. The summed E-state index contributed by atoms with van der Waals surface area (Å²) in [4.78, 5) is 0.180. The van der Waals surface area contributed by atoms with E-state index in [4.69, 9.17) is 5.26 Å². The summed E-state index contributed by atoms with van der Waals surface area (Å²) in [5.41, 5.74) is 0. The van der Waals surface area contributed by atoms with E-state index in [9.17, 15) is 8.42 Å². The van der Waals surface area contributed by atoms with Crippen LogP contribution in [0.25, 0.3) is 0 Å². The Labute approximate surface area is 103 Å². The largest absolute Gasteiger partial charge is 0.241 e. The SMILES string of the molecule is C[C@H](CC#N)NS(=O)(=O)c1ccccc1Br. The molecular weight excluding hydrogens is 292 g/mol. The molecule has 0 fully saturated rings. The summed E-state index contributed by atoms with van der Waals surface area (Å²) in [7, 11) is -3.56. The maximum atomic E-state index is 11.9. The Morgan fingerprint density at radius 2 is 2.12 bits per heavy atom. The molecule has 0 unspecified atom stereocenters. The maximum Gasteiger partial charge on any atom is 0.241 e. The van der Waals surface area contributed by atoms with Crippen molar-refractivity contribution in [3.8, 4) is 6.07 Å². The van der Waals surface area contributed by atoms with Gasteiger partial charge in [0, 0.05) is 10.5 Å². The van der Waals surface area contributed by atoms with Crippen molar-refractivity contribution >= 4 is 26.0 Å². The van der Waals surface area contributed by atoms with E-state index in [1.807, 2.05) is 6.07 Å². The molecule has 0 bridgehead atoms. The quantitative estimate of drug-likeness (QED) is 0.925. The Balaban J connectivity index is 2.96. The van der Waals surface area contributed by atoms with E-state index in [0.717, 1.165) is 0 Å². The first-order valence-corrected chi connectivity index (χ1v) is 6.89. The number of halogens is 1. The fourth-order valence-electron chi connectivity index (χ4n) is 1.17. The summed E-state index contributed by atoms with van der Waals surface area (Å²) in [6.07, 6.45) is 0.143. The molecule has 0 aromatic heterocycles. The molecule has 16 heavy (non-hydrogen) atoms. The molecule has 0 saturated heterocycles. The van der Waals surface area contributed by atoms with Crippen molar-refractivity contribution in [2.75, 3.05) is 0 Å². The Hall–Kier alpha value is -0.900. The van der Waals surface area contributed by atoms with Crippen LogP contribution in [0.1, 0.15) is 13.3 Å². The van der Waals surface area contributed by atoms with Gasteiger partial charge in [0.25, 0.3) is 0 Å². The number of hydrogen-bond donors (Lipinski definition) is 1. The molecule has 4 nitrogen and oxygen atoms in total. The first-order chi connectivity index (χ1) is 7.47. The molecule has 1 N–H and O–H groups in total. The van der Waals surface area contributed by atoms with Gasteiger partial charge in [0.05, 0.1) is 17.4 Å². The van der Waals surface area contributed by atoms with Crippen molar-refractivity contribution in [3.05, 3.63) is 28.7 Å². The van der Waals surface area contributed by atoms with E-state index in [0.29, 0.717) is 4.47 Å². The van der Waals surface area contributed by atoms with Crippen molar-refractivity contribution < 1.29 is 8.42 Å². The maximum absolute atomic E-state index is 11.9. The van der Waals surface area contributed by atoms with Crippen LogP contribution in [0.15, 0.2) is 33.6 Å². The molecule has 6 heteroatoms. The van der Waals surface area contributed by atoms with Gasteiger partial charge in [0.1, 0.15) is 0 Å². The molecule has 1 rings (SSSR count). The minimum absolute atomic E-state index is 0.143. The number of nitriles is 1. The third kappa shape index (κ3) is 3.30. The summed E-state index contributed by atoms with van der Waals surface area (Å²) in [6.45, 7) is 1.65. The number of sulfonamides is 1. The molecule has 0 radical (unpaired) electrons. The molecule has 0 heterocycles. The number of nitrogens with zero attached hydrogens (tertiary/aromatic N) is 1. The van der Waals surface area contributed by atoms with Crippen LogP contribution in [0.5, 0.6) is 0 Å². The molecule has 0 spiro atoms. The van der Waals surface area contributed by atoms with Gasteiger partial charge in [-0.3, -0.25) is 0 Å². The Morgan fingerprint density at radius 3 is 2.69 bits per heavy atom. The number of nitrogens with one attached hydrogen (secondary N) is 1. The van der Waals surface area contributed by atoms with Crippen molar-refractivity contribution in [1.29, 1.82) is 5.26 Å². The van der Waals surface area contributed by atoms with Crippen LogP contribution < -0.4 is 4.72 Å². The third-order valence-electron chi connectivity index (χ3n) is 1.88. The zero-order valence-corrected chi connectivity index (χ0v) is 11.0. The molecule has 0 amide bonds. The molecule has 0 aliphatic rings. The molecule has 86 valence electrons. The predicted molar refractivity (Wildman–Crippen MR) is 64.2 cm³/mol. The van der Waals surface area contributed by atoms with Gasteiger partial charge in [-0.25, -0.2) is 13.1 Å². The van der Waals surface area contributed by atoms with E-state index < -0.39 is 16.1 Å². The highest BCUT2D eigenvalue weighted by Crippen LogP contribution is 2.21. The number of benzene rings is 1. The molecule has 1 atom stereocenters. The summed E-state index contributed by atoms with van der Waals surface area (Å²) in [5, 5.41) is 8.46. The summed E-state index contributed by atoms with van der Waals surface area (Å²) in [6, 6.07) is 8.06. The van der Waals surface area contributed by atoms with E-state index in [1.165, 1.54) is 6.07 Å². The van der Waals surface area contributed by atoms with Crippen molar-refractivity contribution in [2.45, 2.75) is 24.3 Å². The Morgan fingerprint density at radius 1 is 1.50 bits per heavy atom. The van der Waals surface area contributed by atoms with Crippen LogP contribution in [-0.2, 0) is 10.0 Å². The highest BCUT2D eigenvalue weighted by Gasteiger charge is 2.19. The second-order valence-corrected chi connectivity index (χ2v) is 5.85. The highest BCUT2D eigenvalue weighted by atomic mass is 79.9. The van der Waals surface area contributed by atoms with Gasteiger partial charge in [-0.15, -0.1) is 0 Å². The molecule has 1 aromatic rings. The minimum Gasteiger partial charge on any atom is -0.207 e. The molecular formula is C10H11BrN2O2S. The van der Waals surface area contributed by atoms with E-state index >= 15 is 0 Å². The summed E-state index contributed by atoms with van der Waals surface area (Å²) >= 11 is 3.18. The fourth-order valence-corrected chi connectivity index (χ4v) is 3.42. The van der Waals surface area contributed by atoms with E-state index in [1.54, 1.807) is 25.1 Å². The molecule has 0 aliphatic heterocycles. The lowest BCUT2D eigenvalue weighted by atomic mass is 10.3. The zero-order valence-electron chi connectivity index (χ0n) is 8.64. The van der Waals surface area contributed by atoms with Crippen molar-refractivity contribution in [3.63, 3.8) is 0 Å². The lowest BCUT2D eigenvalue weighted by Crippen LogP contribution is -2.32. The molecule has 1 aromatic carbocycles. The van der Waals surface area contributed by atoms with Crippen LogP contribution in [0.4, 0.5) is 0 Å². The van der Waals surface area contributed by atoms with Gasteiger partial charge in [-0.05, 0) is 35.0 Å². The van der Waals surface area contributed by atoms with E-state index in [-0.39, 0.29) is 11.3 Å². The second kappa shape index (κ2) is 5.43. The van der Waals surface area contributed by atoms with Crippen LogP contribution in [0, 0.1) is 11.3 Å². The first kappa shape index (κ1) is 13.2. The lowest BCUT2D eigenvalue weighted by Gasteiger charge is -2.11. The first-order valence-electron chi connectivity index (χ1n) is 4.61. The zero-order chi connectivity index (χ0) is 12.2. The van der Waals surface area contributed by atoms with Crippen LogP contribution in [0.3, 0.4) is 0 Å². The van der Waals surface area contributed by atoms with Crippen LogP contribution in [-0.4, -0.2) is 14.5 Å². The van der Waals surface area contributed by atoms with Gasteiger partial charge >= 0.3 is 0 Å². The third-order valence-corrected chi connectivity index (χ3v) is 4.48. The Kier molecular flexibility index (Phi) is 4.47. The average Bonchev–Trinajstić information content (AvgIpc) is 2.17. The van der Waals surface area contributed by atoms with Crippen LogP contribution >= 0.6 is 15.9 Å². The topological polar surface area (TPSA) is 70.0 Å². The summed E-state index contributed by atoms with van der Waals surface area (Å²) in [5.74, 6) is 0. The number of rotatable bonds is 4. The van der Waals surface area contributed by atoms with Gasteiger partial charge in [0.15, 0.2) is 0 Å². The minimum atomic E-state index is -3.56. The van der Waals surface area contributed by atoms with Crippen molar-refractivity contribution in [1.82, 2.24) is 4.72 Å². The summed E-state index contributed by atoms with van der Waals surface area (Å²) < 4.78 is 26.7. The van der Waals surface area contributed by atoms with Gasteiger partial charge in [0.2, 0.25) is 10.0 Å². The predicted octanol–water partition coefficient (Wildman–Crippen LogP) is 2.03.